The fraction of sp³-hybridized carbons (Fsp3) is 0.929. The van der Waals surface area contributed by atoms with Gasteiger partial charge in [0.1, 0.15) is 12.2 Å². The van der Waals surface area contributed by atoms with Gasteiger partial charge in [-0.3, -0.25) is 0 Å². The molecule has 0 unspecified atom stereocenters. The summed E-state index contributed by atoms with van der Waals surface area (Å²) in [6.45, 7) is 3.63. The van der Waals surface area contributed by atoms with Gasteiger partial charge in [-0.1, -0.05) is 46.0 Å². The van der Waals surface area contributed by atoms with E-state index in [-0.39, 0.29) is 5.92 Å². The molecule has 4 N–H and O–H groups in total. The number of carbonyl (C=O) groups is 1. The van der Waals surface area contributed by atoms with Crippen molar-refractivity contribution in [3.05, 3.63) is 0 Å². The fourth-order valence-electron chi connectivity index (χ4n) is 2.77. The number of nitrogens with two attached hydrogens (primary N) is 1. The summed E-state index contributed by atoms with van der Waals surface area (Å²) in [7, 11) is 0. The third kappa shape index (κ3) is 5.37. The highest BCUT2D eigenvalue weighted by Crippen LogP contribution is 2.29. The number of ether oxygens (including phenoxy) is 1. The molecule has 112 valence electrons. The second kappa shape index (κ2) is 7.70. The molecule has 1 rings (SSSR count). The maximum absolute atomic E-state index is 11.0. The number of aliphatic hydroxyl groups excluding tert-OH is 2. The molecular weight excluding hydrogens is 246 g/mol. The van der Waals surface area contributed by atoms with E-state index in [0.717, 1.165) is 12.8 Å². The maximum atomic E-state index is 11.0. The van der Waals surface area contributed by atoms with Crippen LogP contribution in [0.2, 0.25) is 0 Å². The van der Waals surface area contributed by atoms with Gasteiger partial charge in [0.05, 0.1) is 6.10 Å². The van der Waals surface area contributed by atoms with Crippen LogP contribution in [0.15, 0.2) is 0 Å². The number of hydrogen-bond donors (Lipinski definition) is 3. The van der Waals surface area contributed by atoms with Crippen LogP contribution >= 0.6 is 0 Å². The summed E-state index contributed by atoms with van der Waals surface area (Å²) in [6.07, 6.45) is 2.76. The molecule has 1 aliphatic carbocycles. The highest BCUT2D eigenvalue weighted by Gasteiger charge is 2.33. The Balaban J connectivity index is 2.61. The zero-order valence-corrected chi connectivity index (χ0v) is 11.9. The van der Waals surface area contributed by atoms with Crippen LogP contribution in [-0.2, 0) is 4.74 Å². The standard InChI is InChI=1S/C14H27NO4/c1-9(2)12(16)13(17)11(19-14(15)18)8-10-6-4-3-5-7-10/h9-13,16-17H,3-8H2,1-2H3,(H2,15,18)/t11-,12-,13-/m0/s1. The fourth-order valence-corrected chi connectivity index (χ4v) is 2.77. The minimum atomic E-state index is -1.07. The number of primary amides is 1. The van der Waals surface area contributed by atoms with Gasteiger partial charge in [-0.05, 0) is 18.3 Å². The third-order valence-electron chi connectivity index (χ3n) is 3.97. The molecule has 0 bridgehead atoms. The van der Waals surface area contributed by atoms with Crippen molar-refractivity contribution >= 4 is 6.09 Å². The molecule has 0 heterocycles. The summed E-state index contributed by atoms with van der Waals surface area (Å²) in [4.78, 5) is 11.0. The average molecular weight is 273 g/mol. The van der Waals surface area contributed by atoms with Crippen LogP contribution in [0.25, 0.3) is 0 Å². The first-order valence-electron chi connectivity index (χ1n) is 7.24. The van der Waals surface area contributed by atoms with Crippen LogP contribution in [0.3, 0.4) is 0 Å². The van der Waals surface area contributed by atoms with E-state index >= 15 is 0 Å². The molecule has 1 saturated carbocycles. The lowest BCUT2D eigenvalue weighted by Gasteiger charge is -2.32. The number of rotatable bonds is 6. The molecule has 3 atom stereocenters. The molecule has 1 amide bonds. The van der Waals surface area contributed by atoms with E-state index in [1.54, 1.807) is 0 Å². The van der Waals surface area contributed by atoms with E-state index in [2.05, 4.69) is 0 Å². The van der Waals surface area contributed by atoms with Crippen LogP contribution in [-0.4, -0.2) is 34.6 Å². The van der Waals surface area contributed by atoms with Gasteiger partial charge in [-0.25, -0.2) is 4.79 Å². The number of carbonyl (C=O) groups excluding carboxylic acids is 1. The lowest BCUT2D eigenvalue weighted by atomic mass is 9.83. The Morgan fingerprint density at radius 3 is 2.26 bits per heavy atom. The maximum Gasteiger partial charge on any atom is 0.404 e. The molecule has 1 aliphatic rings. The number of hydrogen-bond acceptors (Lipinski definition) is 4. The van der Waals surface area contributed by atoms with Gasteiger partial charge >= 0.3 is 6.09 Å². The molecule has 0 spiro atoms. The minimum Gasteiger partial charge on any atom is -0.444 e. The summed E-state index contributed by atoms with van der Waals surface area (Å²) >= 11 is 0. The molecule has 19 heavy (non-hydrogen) atoms. The largest absolute Gasteiger partial charge is 0.444 e. The van der Waals surface area contributed by atoms with Gasteiger partial charge in [0.2, 0.25) is 0 Å². The minimum absolute atomic E-state index is 0.0969. The predicted octanol–water partition coefficient (Wildman–Crippen LogP) is 1.80. The normalized spacial score (nSPS) is 21.9. The number of aliphatic hydroxyl groups is 2. The average Bonchev–Trinajstić information content (AvgIpc) is 2.36. The molecule has 1 fully saturated rings. The lowest BCUT2D eigenvalue weighted by molar-refractivity contribution is -0.0851. The molecule has 0 radical (unpaired) electrons. The molecule has 0 aliphatic heterocycles. The Kier molecular flexibility index (Phi) is 6.58. The smallest absolute Gasteiger partial charge is 0.404 e. The Morgan fingerprint density at radius 1 is 1.21 bits per heavy atom. The first-order chi connectivity index (χ1) is 8.91. The van der Waals surface area contributed by atoms with E-state index in [1.807, 2.05) is 13.8 Å². The van der Waals surface area contributed by atoms with Crippen molar-refractivity contribution in [3.63, 3.8) is 0 Å². The van der Waals surface area contributed by atoms with Crippen LogP contribution < -0.4 is 5.73 Å². The van der Waals surface area contributed by atoms with E-state index in [1.165, 1.54) is 19.3 Å². The molecule has 5 nitrogen and oxygen atoms in total. The SMILES string of the molecule is CC(C)[C@H](O)[C@@H](O)[C@H](CC1CCCCC1)OC(N)=O. The predicted molar refractivity (Wildman–Crippen MR) is 72.5 cm³/mol. The Hall–Kier alpha value is -0.810. The van der Waals surface area contributed by atoms with Gasteiger partial charge in [-0.15, -0.1) is 0 Å². The highest BCUT2D eigenvalue weighted by molar-refractivity contribution is 5.64. The van der Waals surface area contributed by atoms with Crippen molar-refractivity contribution < 1.29 is 19.7 Å². The van der Waals surface area contributed by atoms with Crippen LogP contribution in [0.1, 0.15) is 52.4 Å². The molecule has 5 heteroatoms. The first-order valence-corrected chi connectivity index (χ1v) is 7.24. The summed E-state index contributed by atoms with van der Waals surface area (Å²) in [5, 5.41) is 20.1. The van der Waals surface area contributed by atoms with Gasteiger partial charge in [-0.2, -0.15) is 0 Å². The van der Waals surface area contributed by atoms with Crippen molar-refractivity contribution in [2.75, 3.05) is 0 Å². The van der Waals surface area contributed by atoms with Crippen LogP contribution in [0.5, 0.6) is 0 Å². The van der Waals surface area contributed by atoms with Gasteiger partial charge in [0, 0.05) is 0 Å². The Bertz CT molecular complexity index is 277. The van der Waals surface area contributed by atoms with Crippen LogP contribution in [0, 0.1) is 11.8 Å². The monoisotopic (exact) mass is 273 g/mol. The van der Waals surface area contributed by atoms with Crippen molar-refractivity contribution in [3.8, 4) is 0 Å². The van der Waals surface area contributed by atoms with Crippen molar-refractivity contribution in [1.29, 1.82) is 0 Å². The lowest BCUT2D eigenvalue weighted by Crippen LogP contribution is -2.44. The van der Waals surface area contributed by atoms with Gasteiger partial charge in [0.15, 0.2) is 0 Å². The van der Waals surface area contributed by atoms with Crippen LogP contribution in [0.4, 0.5) is 4.79 Å². The van der Waals surface area contributed by atoms with Crippen molar-refractivity contribution in [2.24, 2.45) is 17.6 Å². The van der Waals surface area contributed by atoms with E-state index < -0.39 is 24.4 Å². The van der Waals surface area contributed by atoms with E-state index in [9.17, 15) is 15.0 Å². The summed E-state index contributed by atoms with van der Waals surface area (Å²) in [5.74, 6) is 0.340. The Morgan fingerprint density at radius 2 is 1.79 bits per heavy atom. The Labute approximate surface area is 115 Å². The summed E-state index contributed by atoms with van der Waals surface area (Å²) in [5.41, 5.74) is 5.06. The first kappa shape index (κ1) is 16.2. The molecule has 0 aromatic heterocycles. The highest BCUT2D eigenvalue weighted by atomic mass is 16.6. The van der Waals surface area contributed by atoms with E-state index in [4.69, 9.17) is 10.5 Å². The topological polar surface area (TPSA) is 92.8 Å². The second-order valence-electron chi connectivity index (χ2n) is 5.94. The zero-order chi connectivity index (χ0) is 14.4. The molecule has 0 aromatic rings. The van der Waals surface area contributed by atoms with Gasteiger partial charge < -0.3 is 20.7 Å². The molecular formula is C14H27NO4. The summed E-state index contributed by atoms with van der Waals surface area (Å²) in [6, 6.07) is 0. The van der Waals surface area contributed by atoms with Gasteiger partial charge in [0.25, 0.3) is 0 Å². The number of amides is 1. The van der Waals surface area contributed by atoms with Crippen molar-refractivity contribution in [2.45, 2.75) is 70.7 Å². The zero-order valence-electron chi connectivity index (χ0n) is 11.9. The quantitative estimate of drug-likeness (QED) is 0.688. The second-order valence-corrected chi connectivity index (χ2v) is 5.94. The van der Waals surface area contributed by atoms with E-state index in [0.29, 0.717) is 12.3 Å². The summed E-state index contributed by atoms with van der Waals surface area (Å²) < 4.78 is 5.02. The van der Waals surface area contributed by atoms with Crippen molar-refractivity contribution in [1.82, 2.24) is 0 Å². The molecule has 0 saturated heterocycles. The third-order valence-corrected chi connectivity index (χ3v) is 3.97. The molecule has 0 aromatic carbocycles.